The predicted octanol–water partition coefficient (Wildman–Crippen LogP) is 3.36. The molecule has 0 aromatic carbocycles. The molecule has 0 bridgehead atoms. The molecule has 4 heteroatoms. The Morgan fingerprint density at radius 2 is 1.65 bits per heavy atom. The second-order valence-electron chi connectivity index (χ2n) is 8.10. The molecule has 1 aliphatic heterocycles. The van der Waals surface area contributed by atoms with E-state index in [1.165, 1.54) is 0 Å². The van der Waals surface area contributed by atoms with Gasteiger partial charge in [-0.25, -0.2) is 4.79 Å². The van der Waals surface area contributed by atoms with Crippen LogP contribution in [0.4, 0.5) is 4.79 Å². The number of nitrogens with zero attached hydrogens (tertiary/aromatic N) is 2. The third kappa shape index (κ3) is 4.65. The monoisotopic (exact) mass is 284 g/mol. The number of carbonyl (C=O) groups excluding carboxylic acids is 1. The van der Waals surface area contributed by atoms with Gasteiger partial charge in [-0.15, -0.1) is 0 Å². The van der Waals surface area contributed by atoms with E-state index in [1.807, 2.05) is 25.7 Å². The van der Waals surface area contributed by atoms with Gasteiger partial charge >= 0.3 is 6.09 Å². The molecule has 0 aliphatic carbocycles. The Morgan fingerprint density at radius 1 is 1.10 bits per heavy atom. The first-order valence-corrected chi connectivity index (χ1v) is 7.66. The zero-order valence-electron chi connectivity index (χ0n) is 14.5. The Morgan fingerprint density at radius 3 is 2.05 bits per heavy atom. The molecule has 0 saturated carbocycles. The first-order valence-electron chi connectivity index (χ1n) is 7.66. The van der Waals surface area contributed by atoms with E-state index >= 15 is 0 Å². The minimum atomic E-state index is -0.431. The number of ether oxygens (including phenoxy) is 1. The van der Waals surface area contributed by atoms with Crippen molar-refractivity contribution in [2.45, 2.75) is 72.6 Å². The van der Waals surface area contributed by atoms with Crippen LogP contribution in [0.15, 0.2) is 0 Å². The van der Waals surface area contributed by atoms with E-state index in [0.29, 0.717) is 5.92 Å². The zero-order chi connectivity index (χ0) is 15.7. The van der Waals surface area contributed by atoms with Crippen molar-refractivity contribution in [3.8, 4) is 0 Å². The highest BCUT2D eigenvalue weighted by Crippen LogP contribution is 2.24. The van der Waals surface area contributed by atoms with Crippen LogP contribution in [0.2, 0.25) is 0 Å². The molecule has 0 spiro atoms. The van der Waals surface area contributed by atoms with Crippen molar-refractivity contribution in [3.05, 3.63) is 0 Å². The highest BCUT2D eigenvalue weighted by Gasteiger charge is 2.37. The van der Waals surface area contributed by atoms with Gasteiger partial charge in [0.05, 0.1) is 6.04 Å². The van der Waals surface area contributed by atoms with E-state index in [1.54, 1.807) is 0 Å². The Hall–Kier alpha value is -0.770. The van der Waals surface area contributed by atoms with E-state index in [2.05, 4.69) is 39.5 Å². The summed E-state index contributed by atoms with van der Waals surface area (Å²) in [6, 6.07) is 0.220. The SMILES string of the molecule is CC(C)C1CN(C(C)(C)C)CCN1C(=O)OC(C)(C)C. The van der Waals surface area contributed by atoms with Crippen molar-refractivity contribution in [1.29, 1.82) is 0 Å². The van der Waals surface area contributed by atoms with E-state index in [4.69, 9.17) is 4.74 Å². The minimum Gasteiger partial charge on any atom is -0.444 e. The molecule has 20 heavy (non-hydrogen) atoms. The molecular weight excluding hydrogens is 252 g/mol. The average molecular weight is 284 g/mol. The minimum absolute atomic E-state index is 0.146. The van der Waals surface area contributed by atoms with Crippen molar-refractivity contribution in [2.24, 2.45) is 5.92 Å². The Bertz CT molecular complexity index is 339. The second-order valence-corrected chi connectivity index (χ2v) is 8.10. The summed E-state index contributed by atoms with van der Waals surface area (Å²) in [5.74, 6) is 0.424. The summed E-state index contributed by atoms with van der Waals surface area (Å²) < 4.78 is 5.55. The summed E-state index contributed by atoms with van der Waals surface area (Å²) in [6.45, 7) is 19.4. The molecule has 118 valence electrons. The van der Waals surface area contributed by atoms with Crippen LogP contribution in [-0.2, 0) is 4.74 Å². The highest BCUT2D eigenvalue weighted by molar-refractivity contribution is 5.68. The summed E-state index contributed by atoms with van der Waals surface area (Å²) in [7, 11) is 0. The smallest absolute Gasteiger partial charge is 0.410 e. The van der Waals surface area contributed by atoms with Gasteiger partial charge in [0.15, 0.2) is 0 Å². The van der Waals surface area contributed by atoms with Crippen molar-refractivity contribution in [1.82, 2.24) is 9.80 Å². The maximum absolute atomic E-state index is 12.4. The molecule has 0 radical (unpaired) electrons. The van der Waals surface area contributed by atoms with Gasteiger partial charge < -0.3 is 9.64 Å². The van der Waals surface area contributed by atoms with E-state index in [-0.39, 0.29) is 17.7 Å². The largest absolute Gasteiger partial charge is 0.444 e. The van der Waals surface area contributed by atoms with Crippen LogP contribution in [0, 0.1) is 5.92 Å². The number of rotatable bonds is 1. The van der Waals surface area contributed by atoms with Crippen molar-refractivity contribution < 1.29 is 9.53 Å². The normalized spacial score (nSPS) is 22.2. The van der Waals surface area contributed by atoms with Gasteiger partial charge in [-0.3, -0.25) is 4.90 Å². The Labute approximate surface area is 124 Å². The highest BCUT2D eigenvalue weighted by atomic mass is 16.6. The summed E-state index contributed by atoms with van der Waals surface area (Å²) >= 11 is 0. The summed E-state index contributed by atoms with van der Waals surface area (Å²) in [6.07, 6.45) is -0.176. The molecule has 1 rings (SSSR count). The zero-order valence-corrected chi connectivity index (χ0v) is 14.5. The molecule has 0 N–H and O–H groups in total. The fourth-order valence-electron chi connectivity index (χ4n) is 2.54. The van der Waals surface area contributed by atoms with Gasteiger partial charge in [-0.1, -0.05) is 13.8 Å². The number of piperazine rings is 1. The van der Waals surface area contributed by atoms with Crippen LogP contribution < -0.4 is 0 Å². The van der Waals surface area contributed by atoms with Crippen LogP contribution in [0.25, 0.3) is 0 Å². The molecule has 1 unspecified atom stereocenters. The summed E-state index contributed by atoms with van der Waals surface area (Å²) in [5, 5.41) is 0. The van der Waals surface area contributed by atoms with Gasteiger partial charge in [0.1, 0.15) is 5.60 Å². The standard InChI is InChI=1S/C16H32N2O2/c1-12(2)13-11-17(15(3,4)5)9-10-18(13)14(19)20-16(6,7)8/h12-13H,9-11H2,1-8H3. The van der Waals surface area contributed by atoms with Crippen molar-refractivity contribution in [3.63, 3.8) is 0 Å². The van der Waals surface area contributed by atoms with Gasteiger partial charge in [0.2, 0.25) is 0 Å². The maximum atomic E-state index is 12.4. The van der Waals surface area contributed by atoms with Crippen LogP contribution >= 0.6 is 0 Å². The molecule has 1 fully saturated rings. The van der Waals surface area contributed by atoms with E-state index in [0.717, 1.165) is 19.6 Å². The Balaban J connectivity index is 2.80. The average Bonchev–Trinajstić information content (AvgIpc) is 2.24. The van der Waals surface area contributed by atoms with Gasteiger partial charge in [-0.05, 0) is 47.5 Å². The van der Waals surface area contributed by atoms with Crippen LogP contribution in [0.1, 0.15) is 55.4 Å². The van der Waals surface area contributed by atoms with Crippen LogP contribution in [-0.4, -0.2) is 52.7 Å². The summed E-state index contributed by atoms with van der Waals surface area (Å²) in [5.41, 5.74) is -0.285. The van der Waals surface area contributed by atoms with Gasteiger partial charge in [0, 0.05) is 25.2 Å². The first-order chi connectivity index (χ1) is 8.92. The lowest BCUT2D eigenvalue weighted by atomic mass is 9.96. The fraction of sp³-hybridized carbons (Fsp3) is 0.938. The second kappa shape index (κ2) is 5.92. The number of hydrogen-bond acceptors (Lipinski definition) is 3. The molecule has 1 atom stereocenters. The van der Waals surface area contributed by atoms with Crippen molar-refractivity contribution in [2.75, 3.05) is 19.6 Å². The number of amides is 1. The quantitative estimate of drug-likeness (QED) is 0.740. The third-order valence-electron chi connectivity index (χ3n) is 3.76. The lowest BCUT2D eigenvalue weighted by molar-refractivity contribution is -0.0251. The molecule has 1 amide bonds. The molecule has 1 heterocycles. The summed E-state index contributed by atoms with van der Waals surface area (Å²) in [4.78, 5) is 16.7. The van der Waals surface area contributed by atoms with Gasteiger partial charge in [0.25, 0.3) is 0 Å². The molecule has 0 aromatic rings. The maximum Gasteiger partial charge on any atom is 0.410 e. The lowest BCUT2D eigenvalue weighted by Crippen LogP contribution is -2.61. The molecular formula is C16H32N2O2. The topological polar surface area (TPSA) is 32.8 Å². The fourth-order valence-corrected chi connectivity index (χ4v) is 2.54. The third-order valence-corrected chi connectivity index (χ3v) is 3.76. The lowest BCUT2D eigenvalue weighted by Gasteiger charge is -2.48. The van der Waals surface area contributed by atoms with E-state index in [9.17, 15) is 4.79 Å². The molecule has 1 saturated heterocycles. The predicted molar refractivity (Wildman–Crippen MR) is 82.9 cm³/mol. The number of carbonyl (C=O) groups is 1. The Kier molecular flexibility index (Phi) is 5.12. The molecule has 1 aliphatic rings. The molecule has 0 aromatic heterocycles. The van der Waals surface area contributed by atoms with Gasteiger partial charge in [-0.2, -0.15) is 0 Å². The van der Waals surface area contributed by atoms with Crippen molar-refractivity contribution >= 4 is 6.09 Å². The van der Waals surface area contributed by atoms with Crippen LogP contribution in [0.5, 0.6) is 0 Å². The first kappa shape index (κ1) is 17.3. The van der Waals surface area contributed by atoms with Crippen LogP contribution in [0.3, 0.4) is 0 Å². The number of hydrogen-bond donors (Lipinski definition) is 0. The van der Waals surface area contributed by atoms with E-state index < -0.39 is 5.60 Å². The molecule has 4 nitrogen and oxygen atoms in total.